The molecule has 0 aromatic heterocycles. The topological polar surface area (TPSA) is 40.5 Å². The molecule has 0 amide bonds. The highest BCUT2D eigenvalue weighted by molar-refractivity contribution is 5.69. The largest absolute Gasteiger partial charge is 0.480 e. The van der Waals surface area contributed by atoms with Gasteiger partial charge in [0.25, 0.3) is 0 Å². The smallest absolute Gasteiger partial charge is 0.317 e. The van der Waals surface area contributed by atoms with E-state index in [1.807, 2.05) is 24.0 Å². The van der Waals surface area contributed by atoms with E-state index in [0.29, 0.717) is 6.04 Å². The summed E-state index contributed by atoms with van der Waals surface area (Å²) in [4.78, 5) is 12.4. The van der Waals surface area contributed by atoms with E-state index < -0.39 is 5.97 Å². The van der Waals surface area contributed by atoms with E-state index in [-0.39, 0.29) is 6.54 Å². The highest BCUT2D eigenvalue weighted by Crippen LogP contribution is 2.26. The van der Waals surface area contributed by atoms with Gasteiger partial charge in [-0.1, -0.05) is 12.2 Å². The maximum atomic E-state index is 10.4. The van der Waals surface area contributed by atoms with Gasteiger partial charge in [-0.05, 0) is 19.8 Å². The number of carboxylic acid groups (broad SMARTS) is 1. The van der Waals surface area contributed by atoms with Crippen LogP contribution in [0.4, 0.5) is 0 Å². The molecule has 1 aliphatic carbocycles. The van der Waals surface area contributed by atoms with Crippen LogP contribution in [0.15, 0.2) is 12.2 Å². The molecule has 1 N–H and O–H groups in total. The van der Waals surface area contributed by atoms with Gasteiger partial charge in [-0.3, -0.25) is 9.69 Å². The zero-order valence-electron chi connectivity index (χ0n) is 7.36. The lowest BCUT2D eigenvalue weighted by atomic mass is 10.4. The Morgan fingerprint density at radius 1 is 1.67 bits per heavy atom. The van der Waals surface area contributed by atoms with Crippen molar-refractivity contribution in [3.63, 3.8) is 0 Å². The molecule has 0 bridgehead atoms. The fourth-order valence-corrected chi connectivity index (χ4v) is 1.20. The number of nitrogens with zero attached hydrogens (tertiary/aromatic N) is 1. The van der Waals surface area contributed by atoms with Crippen molar-refractivity contribution in [3.8, 4) is 0 Å². The molecule has 12 heavy (non-hydrogen) atoms. The minimum Gasteiger partial charge on any atom is -0.480 e. The van der Waals surface area contributed by atoms with Gasteiger partial charge in [0.1, 0.15) is 0 Å². The Morgan fingerprint density at radius 3 is 2.75 bits per heavy atom. The molecular formula is C9H15NO2. The lowest BCUT2D eigenvalue weighted by Gasteiger charge is -2.16. The normalized spacial score (nSPS) is 17.5. The summed E-state index contributed by atoms with van der Waals surface area (Å²) in [7, 11) is 0. The average Bonchev–Trinajstić information content (AvgIpc) is 2.79. The molecule has 1 saturated carbocycles. The molecule has 0 spiro atoms. The van der Waals surface area contributed by atoms with Gasteiger partial charge in [-0.25, -0.2) is 0 Å². The summed E-state index contributed by atoms with van der Waals surface area (Å²) in [6.45, 7) is 2.90. The van der Waals surface area contributed by atoms with Crippen LogP contribution in [0.25, 0.3) is 0 Å². The summed E-state index contributed by atoms with van der Waals surface area (Å²) in [5.74, 6) is -0.730. The van der Waals surface area contributed by atoms with Crippen LogP contribution >= 0.6 is 0 Å². The first-order valence-corrected chi connectivity index (χ1v) is 4.31. The third-order valence-electron chi connectivity index (χ3n) is 1.98. The van der Waals surface area contributed by atoms with Crippen LogP contribution in [-0.2, 0) is 4.79 Å². The van der Waals surface area contributed by atoms with Crippen molar-refractivity contribution >= 4 is 5.97 Å². The maximum absolute atomic E-state index is 10.4. The third kappa shape index (κ3) is 3.05. The molecule has 1 fully saturated rings. The Bertz CT molecular complexity index is 185. The van der Waals surface area contributed by atoms with Crippen LogP contribution < -0.4 is 0 Å². The molecule has 1 aliphatic rings. The van der Waals surface area contributed by atoms with Crippen LogP contribution in [0.5, 0.6) is 0 Å². The summed E-state index contributed by atoms with van der Waals surface area (Å²) in [5.41, 5.74) is 0. The number of carbonyl (C=O) groups is 1. The quantitative estimate of drug-likeness (QED) is 0.627. The van der Waals surface area contributed by atoms with E-state index in [1.165, 1.54) is 0 Å². The van der Waals surface area contributed by atoms with E-state index in [0.717, 1.165) is 19.4 Å². The Labute approximate surface area is 72.7 Å². The van der Waals surface area contributed by atoms with Gasteiger partial charge in [0.2, 0.25) is 0 Å². The van der Waals surface area contributed by atoms with Gasteiger partial charge in [0.15, 0.2) is 0 Å². The molecule has 3 nitrogen and oxygen atoms in total. The van der Waals surface area contributed by atoms with E-state index >= 15 is 0 Å². The molecule has 0 heterocycles. The Hall–Kier alpha value is -0.830. The minimum absolute atomic E-state index is 0.176. The van der Waals surface area contributed by atoms with Crippen LogP contribution in [0.3, 0.4) is 0 Å². The zero-order chi connectivity index (χ0) is 8.97. The van der Waals surface area contributed by atoms with Crippen molar-refractivity contribution in [2.45, 2.75) is 25.8 Å². The van der Waals surface area contributed by atoms with Gasteiger partial charge in [0.05, 0.1) is 6.54 Å². The van der Waals surface area contributed by atoms with Crippen molar-refractivity contribution in [3.05, 3.63) is 12.2 Å². The molecular weight excluding hydrogens is 154 g/mol. The van der Waals surface area contributed by atoms with E-state index in [4.69, 9.17) is 5.11 Å². The SMILES string of the molecule is CC=CCN(CC(=O)O)C1CC1. The van der Waals surface area contributed by atoms with Crippen molar-refractivity contribution in [1.29, 1.82) is 0 Å². The first kappa shape index (κ1) is 9.26. The van der Waals surface area contributed by atoms with Gasteiger partial charge in [0, 0.05) is 12.6 Å². The number of allylic oxidation sites excluding steroid dienone is 1. The van der Waals surface area contributed by atoms with Gasteiger partial charge >= 0.3 is 5.97 Å². The van der Waals surface area contributed by atoms with Crippen molar-refractivity contribution in [2.75, 3.05) is 13.1 Å². The fourth-order valence-electron chi connectivity index (χ4n) is 1.20. The standard InChI is InChI=1S/C9H15NO2/c1-2-3-6-10(7-9(11)12)8-4-5-8/h2-3,8H,4-7H2,1H3,(H,11,12). The Kier molecular flexibility index (Phi) is 3.29. The number of carboxylic acids is 1. The molecule has 0 aliphatic heterocycles. The average molecular weight is 169 g/mol. The lowest BCUT2D eigenvalue weighted by molar-refractivity contribution is -0.138. The van der Waals surface area contributed by atoms with Crippen LogP contribution in [-0.4, -0.2) is 35.1 Å². The highest BCUT2D eigenvalue weighted by Gasteiger charge is 2.29. The predicted molar refractivity (Wildman–Crippen MR) is 47.0 cm³/mol. The third-order valence-corrected chi connectivity index (χ3v) is 1.98. The maximum Gasteiger partial charge on any atom is 0.317 e. The van der Waals surface area contributed by atoms with E-state index in [1.54, 1.807) is 0 Å². The molecule has 3 heteroatoms. The monoisotopic (exact) mass is 169 g/mol. The summed E-state index contributed by atoms with van der Waals surface area (Å²) >= 11 is 0. The summed E-state index contributed by atoms with van der Waals surface area (Å²) in [6.07, 6.45) is 6.27. The van der Waals surface area contributed by atoms with Crippen LogP contribution in [0.2, 0.25) is 0 Å². The second kappa shape index (κ2) is 4.26. The first-order valence-electron chi connectivity index (χ1n) is 4.31. The molecule has 0 unspecified atom stereocenters. The van der Waals surface area contributed by atoms with Crippen LogP contribution in [0, 0.1) is 0 Å². The Morgan fingerprint density at radius 2 is 2.33 bits per heavy atom. The minimum atomic E-state index is -0.730. The predicted octanol–water partition coefficient (Wildman–Crippen LogP) is 1.11. The number of aliphatic carboxylic acids is 1. The molecule has 0 aromatic rings. The molecule has 1 rings (SSSR count). The van der Waals surface area contributed by atoms with Gasteiger partial charge in [-0.2, -0.15) is 0 Å². The summed E-state index contributed by atoms with van der Waals surface area (Å²) in [5, 5.41) is 8.59. The van der Waals surface area contributed by atoms with E-state index in [9.17, 15) is 4.79 Å². The second-order valence-electron chi connectivity index (χ2n) is 3.12. The van der Waals surface area contributed by atoms with Crippen molar-refractivity contribution < 1.29 is 9.90 Å². The first-order chi connectivity index (χ1) is 5.74. The lowest BCUT2D eigenvalue weighted by Crippen LogP contribution is -2.31. The molecule has 0 atom stereocenters. The highest BCUT2D eigenvalue weighted by atomic mass is 16.4. The number of hydrogen-bond acceptors (Lipinski definition) is 2. The molecule has 68 valence electrons. The zero-order valence-corrected chi connectivity index (χ0v) is 7.36. The summed E-state index contributed by atoms with van der Waals surface area (Å²) < 4.78 is 0. The van der Waals surface area contributed by atoms with Gasteiger partial charge < -0.3 is 5.11 Å². The second-order valence-corrected chi connectivity index (χ2v) is 3.12. The van der Waals surface area contributed by atoms with Gasteiger partial charge in [-0.15, -0.1) is 0 Å². The van der Waals surface area contributed by atoms with Crippen LogP contribution in [0.1, 0.15) is 19.8 Å². The molecule has 0 saturated heterocycles. The van der Waals surface area contributed by atoms with E-state index in [2.05, 4.69) is 0 Å². The van der Waals surface area contributed by atoms with Crippen molar-refractivity contribution in [1.82, 2.24) is 4.90 Å². The summed E-state index contributed by atoms with van der Waals surface area (Å²) in [6, 6.07) is 0.525. The molecule has 0 aromatic carbocycles. The number of hydrogen-bond donors (Lipinski definition) is 1. The van der Waals surface area contributed by atoms with Crippen molar-refractivity contribution in [2.24, 2.45) is 0 Å². The molecule has 0 radical (unpaired) electrons. The number of rotatable bonds is 5. The Balaban J connectivity index is 2.32. The fraction of sp³-hybridized carbons (Fsp3) is 0.667.